The quantitative estimate of drug-likeness (QED) is 0.713. The van der Waals surface area contributed by atoms with Crippen molar-refractivity contribution in [2.24, 2.45) is 0 Å². The van der Waals surface area contributed by atoms with E-state index in [1.807, 2.05) is 24.3 Å². The molecule has 0 atom stereocenters. The van der Waals surface area contributed by atoms with Gasteiger partial charge in [0.15, 0.2) is 0 Å². The summed E-state index contributed by atoms with van der Waals surface area (Å²) in [6.45, 7) is 0. The summed E-state index contributed by atoms with van der Waals surface area (Å²) in [6, 6.07) is 14.2. The molecule has 2 aromatic heterocycles. The van der Waals surface area contributed by atoms with E-state index in [9.17, 15) is 0 Å². The molecule has 16 heavy (non-hydrogen) atoms. The van der Waals surface area contributed by atoms with Gasteiger partial charge in [0.1, 0.15) is 5.65 Å². The van der Waals surface area contributed by atoms with Crippen LogP contribution < -0.4 is 0 Å². The van der Waals surface area contributed by atoms with Gasteiger partial charge in [0.25, 0.3) is 0 Å². The molecule has 3 aromatic rings. The van der Waals surface area contributed by atoms with Crippen LogP contribution in [0.5, 0.6) is 0 Å². The van der Waals surface area contributed by atoms with Crippen LogP contribution >= 0.6 is 15.9 Å². The Morgan fingerprint density at radius 2 is 1.81 bits per heavy atom. The van der Waals surface area contributed by atoms with Crippen molar-refractivity contribution in [2.45, 2.75) is 0 Å². The molecule has 78 valence electrons. The number of aromatic amines is 1. The molecule has 0 saturated heterocycles. The minimum atomic E-state index is 0.910. The molecule has 1 aromatic carbocycles. The average Bonchev–Trinajstić information content (AvgIpc) is 2.69. The third-order valence-corrected chi connectivity index (χ3v) is 3.39. The highest BCUT2D eigenvalue weighted by atomic mass is 79.9. The van der Waals surface area contributed by atoms with Crippen LogP contribution in [0.1, 0.15) is 0 Å². The molecule has 0 radical (unpaired) electrons. The first-order valence-corrected chi connectivity index (χ1v) is 5.83. The molecular formula is C13H9BrN2. The number of aromatic nitrogens is 2. The molecule has 2 nitrogen and oxygen atoms in total. The molecule has 1 N–H and O–H groups in total. The molecule has 3 rings (SSSR count). The minimum Gasteiger partial charge on any atom is -0.338 e. The molecule has 0 spiro atoms. The second-order valence-corrected chi connectivity index (χ2v) is 4.37. The molecule has 0 saturated carbocycles. The number of rotatable bonds is 1. The van der Waals surface area contributed by atoms with Gasteiger partial charge in [-0.2, -0.15) is 0 Å². The predicted octanol–water partition coefficient (Wildman–Crippen LogP) is 3.99. The molecule has 3 heteroatoms. The zero-order chi connectivity index (χ0) is 11.0. The minimum absolute atomic E-state index is 0.910. The summed E-state index contributed by atoms with van der Waals surface area (Å²) in [5, 5.41) is 1.11. The Kier molecular flexibility index (Phi) is 2.26. The van der Waals surface area contributed by atoms with Crippen molar-refractivity contribution in [2.75, 3.05) is 0 Å². The van der Waals surface area contributed by atoms with Crippen molar-refractivity contribution in [3.63, 3.8) is 0 Å². The van der Waals surface area contributed by atoms with Crippen LogP contribution in [-0.4, -0.2) is 9.97 Å². The fourth-order valence-electron chi connectivity index (χ4n) is 1.79. The van der Waals surface area contributed by atoms with Crippen LogP contribution in [0, 0.1) is 0 Å². The molecule has 0 fully saturated rings. The number of fused-ring (bicyclic) bond motifs is 1. The van der Waals surface area contributed by atoms with Crippen molar-refractivity contribution in [1.82, 2.24) is 9.97 Å². The average molecular weight is 273 g/mol. The number of hydrogen-bond donors (Lipinski definition) is 1. The molecule has 2 heterocycles. The van der Waals surface area contributed by atoms with E-state index in [-0.39, 0.29) is 0 Å². The van der Waals surface area contributed by atoms with Crippen LogP contribution in [0.2, 0.25) is 0 Å². The van der Waals surface area contributed by atoms with Gasteiger partial charge in [-0.25, -0.2) is 4.98 Å². The van der Waals surface area contributed by atoms with Crippen LogP contribution in [0.25, 0.3) is 22.3 Å². The first-order valence-electron chi connectivity index (χ1n) is 5.04. The van der Waals surface area contributed by atoms with Gasteiger partial charge < -0.3 is 4.98 Å². The third-order valence-electron chi connectivity index (χ3n) is 2.57. The Hall–Kier alpha value is -1.61. The number of halogens is 1. The molecule has 0 bridgehead atoms. The number of H-pyrrole nitrogens is 1. The van der Waals surface area contributed by atoms with Crippen molar-refractivity contribution in [3.05, 3.63) is 53.1 Å². The lowest BCUT2D eigenvalue weighted by Crippen LogP contribution is -1.77. The summed E-state index contributed by atoms with van der Waals surface area (Å²) in [5.41, 5.74) is 3.15. The highest BCUT2D eigenvalue weighted by molar-refractivity contribution is 9.10. The molecule has 0 amide bonds. The molecule has 0 aliphatic carbocycles. The molecule has 0 aliphatic rings. The van der Waals surface area contributed by atoms with E-state index in [1.54, 1.807) is 6.20 Å². The number of nitrogens with zero attached hydrogens (tertiary/aromatic N) is 1. The van der Waals surface area contributed by atoms with Gasteiger partial charge >= 0.3 is 0 Å². The van der Waals surface area contributed by atoms with Crippen molar-refractivity contribution in [1.29, 1.82) is 0 Å². The molecule has 0 unspecified atom stereocenters. The van der Waals surface area contributed by atoms with Gasteiger partial charge in [-0.1, -0.05) is 30.3 Å². The summed E-state index contributed by atoms with van der Waals surface area (Å²) in [5.74, 6) is 0. The Bertz CT molecular complexity index is 629. The van der Waals surface area contributed by atoms with E-state index < -0.39 is 0 Å². The Morgan fingerprint density at radius 1 is 1.00 bits per heavy atom. The lowest BCUT2D eigenvalue weighted by atomic mass is 10.1. The van der Waals surface area contributed by atoms with Gasteiger partial charge in [0, 0.05) is 11.6 Å². The van der Waals surface area contributed by atoms with Gasteiger partial charge in [-0.05, 0) is 33.6 Å². The highest BCUT2D eigenvalue weighted by Gasteiger charge is 2.10. The maximum Gasteiger partial charge on any atom is 0.138 e. The summed E-state index contributed by atoms with van der Waals surface area (Å²) in [6.07, 6.45) is 1.79. The Labute approximate surface area is 101 Å². The highest BCUT2D eigenvalue weighted by Crippen LogP contribution is 2.33. The van der Waals surface area contributed by atoms with Gasteiger partial charge in [0.05, 0.1) is 10.2 Å². The van der Waals surface area contributed by atoms with E-state index in [2.05, 4.69) is 44.1 Å². The normalized spacial score (nSPS) is 10.8. The zero-order valence-corrected chi connectivity index (χ0v) is 10.0. The van der Waals surface area contributed by atoms with Crippen molar-refractivity contribution >= 4 is 27.0 Å². The van der Waals surface area contributed by atoms with Gasteiger partial charge in [-0.3, -0.25) is 0 Å². The Morgan fingerprint density at radius 3 is 2.56 bits per heavy atom. The third kappa shape index (κ3) is 1.44. The predicted molar refractivity (Wildman–Crippen MR) is 69.2 cm³/mol. The SMILES string of the molecule is Brc1c(-c2ccccc2)[nH]c2ncccc12. The largest absolute Gasteiger partial charge is 0.338 e. The van der Waals surface area contributed by atoms with E-state index in [1.165, 1.54) is 0 Å². The lowest BCUT2D eigenvalue weighted by molar-refractivity contribution is 1.32. The molecular weight excluding hydrogens is 264 g/mol. The van der Waals surface area contributed by atoms with E-state index >= 15 is 0 Å². The summed E-state index contributed by atoms with van der Waals surface area (Å²) in [4.78, 5) is 7.62. The van der Waals surface area contributed by atoms with E-state index in [0.29, 0.717) is 0 Å². The molecule has 0 aliphatic heterocycles. The van der Waals surface area contributed by atoms with Crippen LogP contribution in [0.3, 0.4) is 0 Å². The maximum absolute atomic E-state index is 4.30. The topological polar surface area (TPSA) is 28.7 Å². The van der Waals surface area contributed by atoms with Crippen molar-refractivity contribution < 1.29 is 0 Å². The maximum atomic E-state index is 4.30. The fourth-order valence-corrected chi connectivity index (χ4v) is 2.44. The van der Waals surface area contributed by atoms with Crippen LogP contribution in [0.15, 0.2) is 53.1 Å². The smallest absolute Gasteiger partial charge is 0.138 e. The number of pyridine rings is 1. The first kappa shape index (κ1) is 9.60. The summed E-state index contributed by atoms with van der Waals surface area (Å²) in [7, 11) is 0. The van der Waals surface area contributed by atoms with Gasteiger partial charge in [-0.15, -0.1) is 0 Å². The summed E-state index contributed by atoms with van der Waals surface area (Å²) < 4.78 is 1.07. The Balaban J connectivity index is 2.29. The second kappa shape index (κ2) is 3.76. The zero-order valence-electron chi connectivity index (χ0n) is 8.44. The monoisotopic (exact) mass is 272 g/mol. The van der Waals surface area contributed by atoms with E-state index in [0.717, 1.165) is 26.8 Å². The van der Waals surface area contributed by atoms with Crippen LogP contribution in [0.4, 0.5) is 0 Å². The number of nitrogens with one attached hydrogen (secondary N) is 1. The standard InChI is InChI=1S/C13H9BrN2/c14-11-10-7-4-8-15-13(10)16-12(11)9-5-2-1-3-6-9/h1-8H,(H,15,16). The number of benzene rings is 1. The number of hydrogen-bond acceptors (Lipinski definition) is 1. The van der Waals surface area contributed by atoms with Gasteiger partial charge in [0.2, 0.25) is 0 Å². The second-order valence-electron chi connectivity index (χ2n) is 3.58. The first-order chi connectivity index (χ1) is 7.86. The van der Waals surface area contributed by atoms with Crippen molar-refractivity contribution in [3.8, 4) is 11.3 Å². The fraction of sp³-hybridized carbons (Fsp3) is 0. The van der Waals surface area contributed by atoms with Crippen LogP contribution in [-0.2, 0) is 0 Å². The summed E-state index contributed by atoms with van der Waals surface area (Å²) >= 11 is 3.62. The lowest BCUT2D eigenvalue weighted by Gasteiger charge is -1.97. The van der Waals surface area contributed by atoms with E-state index in [4.69, 9.17) is 0 Å².